The van der Waals surface area contributed by atoms with E-state index >= 15 is 0 Å². The first-order chi connectivity index (χ1) is 22.1. The smallest absolute Gasteiger partial charge is 0.354 e. The summed E-state index contributed by atoms with van der Waals surface area (Å²) in [6, 6.07) is 11.3. The Morgan fingerprint density at radius 2 is 1.62 bits per heavy atom. The molecular formula is C34H52N4O7. The van der Waals surface area contributed by atoms with Crippen LogP contribution in [0.2, 0.25) is 0 Å². The predicted octanol–water partition coefficient (Wildman–Crippen LogP) is 4.23. The Morgan fingerprint density at radius 1 is 0.911 bits per heavy atom. The van der Waals surface area contributed by atoms with E-state index in [1.807, 2.05) is 24.4 Å². The molecule has 0 bridgehead atoms. The molecule has 0 aromatic carbocycles. The van der Waals surface area contributed by atoms with Crippen LogP contribution >= 0.6 is 0 Å². The number of carboxylic acid groups (broad SMARTS) is 1. The molecule has 1 aliphatic carbocycles. The lowest BCUT2D eigenvalue weighted by Crippen LogP contribution is -2.40. The highest BCUT2D eigenvalue weighted by molar-refractivity contribution is 5.85. The van der Waals surface area contributed by atoms with Crippen LogP contribution in [0, 0.1) is 0 Å². The van der Waals surface area contributed by atoms with Crippen molar-refractivity contribution in [2.75, 3.05) is 79.0 Å². The van der Waals surface area contributed by atoms with Crippen molar-refractivity contribution in [3.8, 4) is 0 Å². The van der Waals surface area contributed by atoms with Gasteiger partial charge in [0.05, 0.1) is 69.3 Å². The molecule has 0 spiro atoms. The van der Waals surface area contributed by atoms with Crippen LogP contribution in [-0.4, -0.2) is 122 Å². The maximum Gasteiger partial charge on any atom is 0.354 e. The first kappa shape index (κ1) is 35.3. The third-order valence-corrected chi connectivity index (χ3v) is 8.30. The van der Waals surface area contributed by atoms with E-state index in [0.29, 0.717) is 71.6 Å². The second-order valence-corrected chi connectivity index (χ2v) is 11.6. The molecule has 2 aromatic rings. The first-order valence-corrected chi connectivity index (χ1v) is 16.7. The molecule has 1 saturated carbocycles. The minimum atomic E-state index is -1.03. The highest BCUT2D eigenvalue weighted by Crippen LogP contribution is 2.26. The van der Waals surface area contributed by atoms with Gasteiger partial charge in [-0.3, -0.25) is 14.8 Å². The Kier molecular flexibility index (Phi) is 16.2. The highest BCUT2D eigenvalue weighted by atomic mass is 16.5. The molecule has 0 amide bonds. The van der Waals surface area contributed by atoms with Crippen molar-refractivity contribution in [2.45, 2.75) is 70.2 Å². The van der Waals surface area contributed by atoms with Crippen LogP contribution in [0.4, 0.5) is 0 Å². The SMILES string of the molecule is CCCOCCC(c1ccccn1)N1CCOCCOCCN(Cc2cccc(C(=O)O)n2)CCO[C@@H]2CCCC[C@H]2OCC1. The standard InChI is InChI=1S/C34H52N4O7/c1-2-19-41-20-13-31(29-9-5-6-14-35-29)38-17-22-43-26-25-42-21-15-37(27-28-8-7-10-30(36-28)34(39)40)16-23-44-32-11-3-4-12-33(32)45-24-18-38/h5-10,14,31-33H,2-4,11-13,15-27H2,1H3,(H,39,40)/t31?,32-,33-/m1/s1. The van der Waals surface area contributed by atoms with E-state index in [-0.39, 0.29) is 23.9 Å². The van der Waals surface area contributed by atoms with E-state index in [2.05, 4.69) is 27.8 Å². The van der Waals surface area contributed by atoms with Gasteiger partial charge in [0, 0.05) is 52.1 Å². The third kappa shape index (κ3) is 12.7. The van der Waals surface area contributed by atoms with Gasteiger partial charge in [0.2, 0.25) is 0 Å². The molecule has 0 radical (unpaired) electrons. The summed E-state index contributed by atoms with van der Waals surface area (Å²) in [7, 11) is 0. The molecule has 1 aliphatic heterocycles. The number of fused-ring (bicyclic) bond motifs is 1. The van der Waals surface area contributed by atoms with Gasteiger partial charge in [0.15, 0.2) is 0 Å². The van der Waals surface area contributed by atoms with Crippen LogP contribution in [0.3, 0.4) is 0 Å². The zero-order chi connectivity index (χ0) is 31.5. The number of aromatic nitrogens is 2. The summed E-state index contributed by atoms with van der Waals surface area (Å²) in [4.78, 5) is 25.1. The van der Waals surface area contributed by atoms with Gasteiger partial charge in [0.1, 0.15) is 5.69 Å². The zero-order valence-corrected chi connectivity index (χ0v) is 26.9. The third-order valence-electron chi connectivity index (χ3n) is 8.30. The number of carboxylic acids is 1. The number of ether oxygens (including phenoxy) is 5. The largest absolute Gasteiger partial charge is 0.477 e. The Bertz CT molecular complexity index is 1100. The summed E-state index contributed by atoms with van der Waals surface area (Å²) < 4.78 is 30.9. The van der Waals surface area contributed by atoms with Crippen molar-refractivity contribution in [3.05, 3.63) is 59.7 Å². The van der Waals surface area contributed by atoms with Crippen molar-refractivity contribution in [1.82, 2.24) is 19.8 Å². The number of carbonyl (C=O) groups is 1. The number of pyridine rings is 2. The second kappa shape index (κ2) is 20.6. The molecule has 1 unspecified atom stereocenters. The molecule has 3 atom stereocenters. The lowest BCUT2D eigenvalue weighted by atomic mass is 9.94. The van der Waals surface area contributed by atoms with Gasteiger partial charge < -0.3 is 28.8 Å². The van der Waals surface area contributed by atoms with Crippen molar-refractivity contribution in [2.24, 2.45) is 0 Å². The molecule has 1 N–H and O–H groups in total. The molecular weight excluding hydrogens is 576 g/mol. The Hall–Kier alpha value is -2.51. The van der Waals surface area contributed by atoms with Gasteiger partial charge >= 0.3 is 5.97 Å². The van der Waals surface area contributed by atoms with E-state index in [0.717, 1.165) is 63.9 Å². The van der Waals surface area contributed by atoms with Gasteiger partial charge in [-0.25, -0.2) is 9.78 Å². The fourth-order valence-electron chi connectivity index (χ4n) is 5.94. The summed E-state index contributed by atoms with van der Waals surface area (Å²) in [5, 5.41) is 9.36. The lowest BCUT2D eigenvalue weighted by Gasteiger charge is -2.35. The van der Waals surface area contributed by atoms with Crippen LogP contribution < -0.4 is 0 Å². The first-order valence-electron chi connectivity index (χ1n) is 16.7. The van der Waals surface area contributed by atoms with E-state index in [4.69, 9.17) is 28.7 Å². The van der Waals surface area contributed by atoms with Gasteiger partial charge in [-0.15, -0.1) is 0 Å². The van der Waals surface area contributed by atoms with Crippen molar-refractivity contribution in [3.63, 3.8) is 0 Å². The summed E-state index contributed by atoms with van der Waals surface area (Å²) in [5.41, 5.74) is 1.80. The normalized spacial score (nSPS) is 23.0. The Balaban J connectivity index is 1.40. The summed E-state index contributed by atoms with van der Waals surface area (Å²) >= 11 is 0. The Morgan fingerprint density at radius 3 is 2.33 bits per heavy atom. The average molecular weight is 629 g/mol. The van der Waals surface area contributed by atoms with E-state index < -0.39 is 5.97 Å². The zero-order valence-electron chi connectivity index (χ0n) is 26.9. The summed E-state index contributed by atoms with van der Waals surface area (Å²) in [6.45, 7) is 10.2. The van der Waals surface area contributed by atoms with E-state index in [1.54, 1.807) is 6.07 Å². The molecule has 2 aromatic heterocycles. The molecule has 11 nitrogen and oxygen atoms in total. The summed E-state index contributed by atoms with van der Waals surface area (Å²) in [5.74, 6) is -1.03. The molecule has 1 saturated heterocycles. The molecule has 2 aliphatic rings. The molecule has 45 heavy (non-hydrogen) atoms. The van der Waals surface area contributed by atoms with Gasteiger partial charge in [-0.05, 0) is 49.9 Å². The molecule has 2 fully saturated rings. The summed E-state index contributed by atoms with van der Waals surface area (Å²) in [6.07, 6.45) is 8.07. The molecule has 3 heterocycles. The fraction of sp³-hybridized carbons (Fsp3) is 0.676. The van der Waals surface area contributed by atoms with Crippen LogP contribution in [-0.2, 0) is 30.2 Å². The van der Waals surface area contributed by atoms with Crippen molar-refractivity contribution >= 4 is 5.97 Å². The van der Waals surface area contributed by atoms with E-state index in [1.165, 1.54) is 6.07 Å². The van der Waals surface area contributed by atoms with Crippen molar-refractivity contribution in [1.29, 1.82) is 0 Å². The van der Waals surface area contributed by atoms with Crippen LogP contribution in [0.1, 0.15) is 73.4 Å². The maximum absolute atomic E-state index is 11.4. The quantitative estimate of drug-likeness (QED) is 0.381. The molecule has 11 heteroatoms. The van der Waals surface area contributed by atoms with E-state index in [9.17, 15) is 9.90 Å². The van der Waals surface area contributed by atoms with Gasteiger partial charge in [0.25, 0.3) is 0 Å². The monoisotopic (exact) mass is 628 g/mol. The average Bonchev–Trinajstić information content (AvgIpc) is 3.06. The van der Waals surface area contributed by atoms with Crippen LogP contribution in [0.15, 0.2) is 42.6 Å². The highest BCUT2D eigenvalue weighted by Gasteiger charge is 2.28. The second-order valence-electron chi connectivity index (χ2n) is 11.6. The maximum atomic E-state index is 11.4. The minimum Gasteiger partial charge on any atom is -0.477 e. The Labute approximate surface area is 268 Å². The number of aromatic carboxylic acids is 1. The lowest BCUT2D eigenvalue weighted by molar-refractivity contribution is -0.101. The molecule has 4 rings (SSSR count). The number of rotatable bonds is 10. The number of hydrogen-bond donors (Lipinski definition) is 1. The van der Waals surface area contributed by atoms with Crippen molar-refractivity contribution < 1.29 is 33.6 Å². The van der Waals surface area contributed by atoms with Gasteiger partial charge in [-0.1, -0.05) is 31.9 Å². The topological polar surface area (TPSA) is 116 Å². The minimum absolute atomic E-state index is 0.0509. The van der Waals surface area contributed by atoms with Crippen LogP contribution in [0.25, 0.3) is 0 Å². The van der Waals surface area contributed by atoms with Crippen LogP contribution in [0.5, 0.6) is 0 Å². The number of nitrogens with zero attached hydrogens (tertiary/aromatic N) is 4. The number of hydrogen-bond acceptors (Lipinski definition) is 10. The molecule has 250 valence electrons. The van der Waals surface area contributed by atoms with Gasteiger partial charge in [-0.2, -0.15) is 0 Å². The predicted molar refractivity (Wildman–Crippen MR) is 170 cm³/mol. The fourth-order valence-corrected chi connectivity index (χ4v) is 5.94.